The lowest BCUT2D eigenvalue weighted by Crippen LogP contribution is -2.34. The van der Waals surface area contributed by atoms with Crippen LogP contribution >= 0.6 is 0 Å². The zero-order valence-corrected chi connectivity index (χ0v) is 11.5. The molecule has 1 rings (SSSR count). The average molecular weight is 264 g/mol. The lowest BCUT2D eigenvalue weighted by molar-refractivity contribution is -0.133. The number of carbonyl (C=O) groups is 2. The first kappa shape index (κ1) is 15.4. The monoisotopic (exact) mass is 264 g/mol. The van der Waals surface area contributed by atoms with E-state index in [-0.39, 0.29) is 5.78 Å². The summed E-state index contributed by atoms with van der Waals surface area (Å²) in [5.74, 6) is -1.33. The van der Waals surface area contributed by atoms with Gasteiger partial charge < -0.3 is 9.84 Å². The van der Waals surface area contributed by atoms with E-state index in [4.69, 9.17) is 4.74 Å². The Balaban J connectivity index is 2.62. The molecule has 0 unspecified atom stereocenters. The van der Waals surface area contributed by atoms with Crippen molar-refractivity contribution in [2.75, 3.05) is 0 Å². The molecule has 0 aliphatic carbocycles. The van der Waals surface area contributed by atoms with Crippen LogP contribution in [0.2, 0.25) is 0 Å². The van der Waals surface area contributed by atoms with E-state index in [1.807, 2.05) is 0 Å². The molecular formula is C15H20O4. The van der Waals surface area contributed by atoms with E-state index in [2.05, 4.69) is 0 Å². The lowest BCUT2D eigenvalue weighted by atomic mass is 9.95. The predicted octanol–water partition coefficient (Wildman–Crippen LogP) is 2.21. The molecule has 4 nitrogen and oxygen atoms in total. The smallest absolute Gasteiger partial charge is 0.338 e. The van der Waals surface area contributed by atoms with Crippen LogP contribution < -0.4 is 0 Å². The van der Waals surface area contributed by atoms with Crippen LogP contribution in [0.15, 0.2) is 30.3 Å². The molecule has 0 aromatic heterocycles. The van der Waals surface area contributed by atoms with Gasteiger partial charge >= 0.3 is 5.97 Å². The predicted molar refractivity (Wildman–Crippen MR) is 71.8 cm³/mol. The molecule has 0 bridgehead atoms. The van der Waals surface area contributed by atoms with Crippen LogP contribution in [-0.4, -0.2) is 29.1 Å². The van der Waals surface area contributed by atoms with Crippen molar-refractivity contribution in [3.63, 3.8) is 0 Å². The van der Waals surface area contributed by atoms with E-state index in [0.717, 1.165) is 0 Å². The Kier molecular flexibility index (Phi) is 5.70. The van der Waals surface area contributed by atoms with Crippen molar-refractivity contribution < 1.29 is 19.4 Å². The van der Waals surface area contributed by atoms with Gasteiger partial charge in [0.25, 0.3) is 0 Å². The Morgan fingerprint density at radius 3 is 2.32 bits per heavy atom. The van der Waals surface area contributed by atoms with E-state index in [1.165, 1.54) is 6.92 Å². The highest BCUT2D eigenvalue weighted by Gasteiger charge is 2.27. The third kappa shape index (κ3) is 4.17. The topological polar surface area (TPSA) is 63.6 Å². The summed E-state index contributed by atoms with van der Waals surface area (Å²) in [6, 6.07) is 8.51. The third-order valence-corrected chi connectivity index (χ3v) is 3.14. The van der Waals surface area contributed by atoms with E-state index < -0.39 is 24.1 Å². The summed E-state index contributed by atoms with van der Waals surface area (Å²) in [5.41, 5.74) is 0.408. The highest BCUT2D eigenvalue weighted by molar-refractivity contribution is 5.93. The Morgan fingerprint density at radius 2 is 1.79 bits per heavy atom. The second kappa shape index (κ2) is 7.04. The third-order valence-electron chi connectivity index (χ3n) is 3.14. The number of Topliss-reactive ketones (excluding diaryl/α,β-unsaturated/α-hetero) is 1. The van der Waals surface area contributed by atoms with Gasteiger partial charge in [-0.15, -0.1) is 0 Å². The van der Waals surface area contributed by atoms with Gasteiger partial charge in [0.1, 0.15) is 0 Å². The van der Waals surface area contributed by atoms with Gasteiger partial charge in [0, 0.05) is 5.92 Å². The van der Waals surface area contributed by atoms with Gasteiger partial charge in [-0.1, -0.05) is 32.0 Å². The molecule has 0 aliphatic rings. The Labute approximate surface area is 113 Å². The molecule has 19 heavy (non-hydrogen) atoms. The maximum atomic E-state index is 12.0. The summed E-state index contributed by atoms with van der Waals surface area (Å²) in [7, 11) is 0. The number of aliphatic hydroxyl groups is 1. The molecule has 0 spiro atoms. The molecular weight excluding hydrogens is 244 g/mol. The quantitative estimate of drug-likeness (QED) is 0.800. The van der Waals surface area contributed by atoms with Gasteiger partial charge in [0.15, 0.2) is 11.9 Å². The van der Waals surface area contributed by atoms with Crippen LogP contribution in [0.1, 0.15) is 37.6 Å². The van der Waals surface area contributed by atoms with E-state index in [0.29, 0.717) is 12.0 Å². The summed E-state index contributed by atoms with van der Waals surface area (Å²) >= 11 is 0. The molecule has 1 aromatic rings. The van der Waals surface area contributed by atoms with Crippen LogP contribution in [0.5, 0.6) is 0 Å². The van der Waals surface area contributed by atoms with E-state index in [1.54, 1.807) is 44.2 Å². The van der Waals surface area contributed by atoms with Crippen molar-refractivity contribution in [1.29, 1.82) is 0 Å². The highest BCUT2D eigenvalue weighted by Crippen LogP contribution is 2.13. The molecule has 0 radical (unpaired) electrons. The zero-order chi connectivity index (χ0) is 14.4. The number of aliphatic hydroxyl groups excluding tert-OH is 1. The van der Waals surface area contributed by atoms with Gasteiger partial charge in [-0.2, -0.15) is 0 Å². The zero-order valence-electron chi connectivity index (χ0n) is 11.5. The molecule has 0 saturated carbocycles. The molecule has 0 fully saturated rings. The largest absolute Gasteiger partial charge is 0.451 e. The molecule has 1 N–H and O–H groups in total. The number of hydrogen-bond donors (Lipinski definition) is 1. The molecule has 4 heteroatoms. The van der Waals surface area contributed by atoms with E-state index in [9.17, 15) is 14.7 Å². The normalized spacial score (nSPS) is 15.4. The minimum Gasteiger partial charge on any atom is -0.451 e. The first-order valence-corrected chi connectivity index (χ1v) is 6.45. The fourth-order valence-corrected chi connectivity index (χ4v) is 1.77. The average Bonchev–Trinajstić information content (AvgIpc) is 2.45. The van der Waals surface area contributed by atoms with Gasteiger partial charge in [0.05, 0.1) is 11.7 Å². The molecule has 0 aliphatic heterocycles. The van der Waals surface area contributed by atoms with Crippen LogP contribution in [0, 0.1) is 5.92 Å². The SMILES string of the molecule is CC[C@@H](O)[C@@H](C)C(=O)[C@H](C)OC(=O)c1ccccc1. The molecule has 0 saturated heterocycles. The van der Waals surface area contributed by atoms with Crippen LogP contribution in [0.4, 0.5) is 0 Å². The van der Waals surface area contributed by atoms with Crippen LogP contribution in [0.25, 0.3) is 0 Å². The summed E-state index contributed by atoms with van der Waals surface area (Å²) in [5, 5.41) is 9.64. The van der Waals surface area contributed by atoms with Crippen molar-refractivity contribution in [2.45, 2.75) is 39.4 Å². The number of ketones is 1. The van der Waals surface area contributed by atoms with Gasteiger partial charge in [-0.25, -0.2) is 4.79 Å². The standard InChI is InChI=1S/C15H20O4/c1-4-13(16)10(2)14(17)11(3)19-15(18)12-8-6-5-7-9-12/h5-11,13,16H,4H2,1-3H3/t10-,11+,13-/m1/s1. The van der Waals surface area contributed by atoms with Crippen molar-refractivity contribution >= 4 is 11.8 Å². The molecule has 3 atom stereocenters. The second-order valence-electron chi connectivity index (χ2n) is 4.58. The fraction of sp³-hybridized carbons (Fsp3) is 0.467. The molecule has 1 aromatic carbocycles. The van der Waals surface area contributed by atoms with Gasteiger partial charge in [-0.05, 0) is 25.5 Å². The number of benzene rings is 1. The van der Waals surface area contributed by atoms with Crippen LogP contribution in [-0.2, 0) is 9.53 Å². The Morgan fingerprint density at radius 1 is 1.21 bits per heavy atom. The van der Waals surface area contributed by atoms with Crippen molar-refractivity contribution in [3.8, 4) is 0 Å². The van der Waals surface area contributed by atoms with E-state index >= 15 is 0 Å². The van der Waals surface area contributed by atoms with Gasteiger partial charge in [0.2, 0.25) is 0 Å². The Hall–Kier alpha value is -1.68. The van der Waals surface area contributed by atoms with Crippen LogP contribution in [0.3, 0.4) is 0 Å². The first-order valence-electron chi connectivity index (χ1n) is 6.45. The first-order chi connectivity index (χ1) is 8.97. The number of hydrogen-bond acceptors (Lipinski definition) is 4. The Bertz CT molecular complexity index is 427. The maximum Gasteiger partial charge on any atom is 0.338 e. The lowest BCUT2D eigenvalue weighted by Gasteiger charge is -2.20. The van der Waals surface area contributed by atoms with Gasteiger partial charge in [-0.3, -0.25) is 4.79 Å². The minimum absolute atomic E-state index is 0.265. The van der Waals surface area contributed by atoms with Crippen molar-refractivity contribution in [1.82, 2.24) is 0 Å². The molecule has 104 valence electrons. The molecule has 0 amide bonds. The van der Waals surface area contributed by atoms with Crippen molar-refractivity contribution in [3.05, 3.63) is 35.9 Å². The molecule has 0 heterocycles. The maximum absolute atomic E-state index is 12.0. The summed E-state index contributed by atoms with van der Waals surface area (Å²) < 4.78 is 5.11. The summed E-state index contributed by atoms with van der Waals surface area (Å²) in [6.07, 6.45) is -1.07. The van der Waals surface area contributed by atoms with Crippen molar-refractivity contribution in [2.24, 2.45) is 5.92 Å². The number of carbonyl (C=O) groups excluding carboxylic acids is 2. The summed E-state index contributed by atoms with van der Waals surface area (Å²) in [6.45, 7) is 4.97. The summed E-state index contributed by atoms with van der Waals surface area (Å²) in [4.78, 5) is 23.8. The fourth-order valence-electron chi connectivity index (χ4n) is 1.77. The highest BCUT2D eigenvalue weighted by atomic mass is 16.5. The number of rotatable bonds is 6. The number of esters is 1. The number of ether oxygens (including phenoxy) is 1. The minimum atomic E-state index is -0.857. The second-order valence-corrected chi connectivity index (χ2v) is 4.58.